The molecule has 0 aromatic heterocycles. The van der Waals surface area contributed by atoms with Crippen molar-refractivity contribution in [2.24, 2.45) is 0 Å². The van der Waals surface area contributed by atoms with Crippen LogP contribution in [0.1, 0.15) is 10.4 Å². The highest BCUT2D eigenvalue weighted by molar-refractivity contribution is 5.94. The third-order valence-electron chi connectivity index (χ3n) is 3.23. The van der Waals surface area contributed by atoms with E-state index in [1.54, 1.807) is 0 Å². The van der Waals surface area contributed by atoms with E-state index < -0.39 is 41.1 Å². The second-order valence-electron chi connectivity index (χ2n) is 4.43. The molecule has 1 aromatic rings. The fourth-order valence-electron chi connectivity index (χ4n) is 2.08. The van der Waals surface area contributed by atoms with Gasteiger partial charge in [-0.3, -0.25) is 4.79 Å². The van der Waals surface area contributed by atoms with Gasteiger partial charge in [-0.25, -0.2) is 13.2 Å². The zero-order valence-electron chi connectivity index (χ0n) is 10.2. The van der Waals surface area contributed by atoms with Gasteiger partial charge >= 0.3 is 0 Å². The van der Waals surface area contributed by atoms with E-state index in [1.807, 2.05) is 0 Å². The maximum atomic E-state index is 13.5. The molecule has 0 bridgehead atoms. The van der Waals surface area contributed by atoms with Gasteiger partial charge in [0, 0.05) is 20.1 Å². The van der Waals surface area contributed by atoms with Gasteiger partial charge in [-0.15, -0.1) is 0 Å². The summed E-state index contributed by atoms with van der Waals surface area (Å²) in [5, 5.41) is 12.5. The zero-order chi connectivity index (χ0) is 14.2. The fraction of sp³-hybridized carbons (Fsp3) is 0.417. The molecule has 0 unspecified atom stereocenters. The van der Waals surface area contributed by atoms with Crippen molar-refractivity contribution in [3.63, 3.8) is 0 Å². The van der Waals surface area contributed by atoms with Crippen molar-refractivity contribution in [1.29, 1.82) is 0 Å². The molecule has 2 rings (SSSR count). The van der Waals surface area contributed by atoms with Crippen LogP contribution in [0.3, 0.4) is 0 Å². The number of carbonyl (C=O) groups excluding carboxylic acids is 1. The molecule has 0 radical (unpaired) electrons. The minimum absolute atomic E-state index is 0.322. The van der Waals surface area contributed by atoms with Crippen LogP contribution in [0.2, 0.25) is 0 Å². The summed E-state index contributed by atoms with van der Waals surface area (Å²) in [5.41, 5.74) is -0.555. The van der Waals surface area contributed by atoms with Crippen molar-refractivity contribution in [2.75, 3.05) is 20.1 Å². The number of halogens is 3. The molecule has 1 aromatic carbocycles. The first-order valence-electron chi connectivity index (χ1n) is 5.73. The van der Waals surface area contributed by atoms with Crippen LogP contribution < -0.4 is 5.32 Å². The molecule has 19 heavy (non-hydrogen) atoms. The number of rotatable bonds is 2. The maximum absolute atomic E-state index is 13.5. The monoisotopic (exact) mass is 274 g/mol. The summed E-state index contributed by atoms with van der Waals surface area (Å²) < 4.78 is 39.4. The van der Waals surface area contributed by atoms with Crippen molar-refractivity contribution < 1.29 is 23.1 Å². The maximum Gasteiger partial charge on any atom is 0.257 e. The molecule has 104 valence electrons. The molecule has 0 saturated carbocycles. The number of hydrogen-bond acceptors (Lipinski definition) is 3. The fourth-order valence-corrected chi connectivity index (χ4v) is 2.08. The Morgan fingerprint density at radius 1 is 1.32 bits per heavy atom. The highest BCUT2D eigenvalue weighted by Crippen LogP contribution is 2.18. The quantitative estimate of drug-likeness (QED) is 0.773. The number of nitrogens with zero attached hydrogens (tertiary/aromatic N) is 1. The Kier molecular flexibility index (Phi) is 3.77. The Bertz CT molecular complexity index is 510. The first-order valence-corrected chi connectivity index (χ1v) is 5.73. The molecule has 1 saturated heterocycles. The molecular formula is C12H13F3N2O2. The molecule has 1 fully saturated rings. The predicted molar refractivity (Wildman–Crippen MR) is 61.1 cm³/mol. The number of nitrogens with one attached hydrogen (secondary N) is 1. The summed E-state index contributed by atoms with van der Waals surface area (Å²) in [6, 6.07) is 1.06. The number of β-amino-alcohol motifs (C(OH)–C–C–N with tert-alkyl or cyclic N) is 1. The van der Waals surface area contributed by atoms with Gasteiger partial charge in [0.2, 0.25) is 0 Å². The summed E-state index contributed by atoms with van der Waals surface area (Å²) >= 11 is 0. The Labute approximate surface area is 107 Å². The largest absolute Gasteiger partial charge is 0.390 e. The molecule has 1 amide bonds. The van der Waals surface area contributed by atoms with Crippen LogP contribution in [0.25, 0.3) is 0 Å². The zero-order valence-corrected chi connectivity index (χ0v) is 10.2. The number of hydrogen-bond donors (Lipinski definition) is 2. The van der Waals surface area contributed by atoms with E-state index >= 15 is 0 Å². The van der Waals surface area contributed by atoms with E-state index in [0.717, 1.165) is 11.0 Å². The molecule has 0 aliphatic carbocycles. The molecule has 0 spiro atoms. The summed E-state index contributed by atoms with van der Waals surface area (Å²) in [4.78, 5) is 13.1. The van der Waals surface area contributed by atoms with Crippen LogP contribution in [0.4, 0.5) is 13.2 Å². The Balaban J connectivity index is 2.27. The standard InChI is InChI=1S/C12H13F3N2O2/c1-17(8-4-16-5-9(8)18)12(19)6-2-3-7(13)11(15)10(6)14/h2-3,8-9,16,18H,4-5H2,1H3/t8-,9-/m1/s1. The Morgan fingerprint density at radius 3 is 2.58 bits per heavy atom. The Morgan fingerprint density at radius 2 is 2.00 bits per heavy atom. The van der Waals surface area contributed by atoms with Gasteiger partial charge in [0.25, 0.3) is 5.91 Å². The lowest BCUT2D eigenvalue weighted by molar-refractivity contribution is 0.0575. The third kappa shape index (κ3) is 2.43. The molecule has 7 heteroatoms. The molecule has 1 aliphatic rings. The molecule has 4 nitrogen and oxygen atoms in total. The van der Waals surface area contributed by atoms with Crippen molar-refractivity contribution in [3.8, 4) is 0 Å². The van der Waals surface area contributed by atoms with Crippen molar-refractivity contribution in [3.05, 3.63) is 35.1 Å². The number of amides is 1. The first-order chi connectivity index (χ1) is 8.93. The van der Waals surface area contributed by atoms with Crippen LogP contribution in [0.5, 0.6) is 0 Å². The van der Waals surface area contributed by atoms with E-state index in [2.05, 4.69) is 5.32 Å². The second kappa shape index (κ2) is 5.18. The van der Waals surface area contributed by atoms with Gasteiger partial charge in [-0.1, -0.05) is 0 Å². The van der Waals surface area contributed by atoms with E-state index in [1.165, 1.54) is 7.05 Å². The predicted octanol–water partition coefficient (Wildman–Crippen LogP) is 0.509. The van der Waals surface area contributed by atoms with Crippen LogP contribution in [0, 0.1) is 17.5 Å². The molecule has 1 aliphatic heterocycles. The highest BCUT2D eigenvalue weighted by Gasteiger charge is 2.33. The van der Waals surface area contributed by atoms with Crippen LogP contribution >= 0.6 is 0 Å². The van der Waals surface area contributed by atoms with E-state index in [9.17, 15) is 23.1 Å². The van der Waals surface area contributed by atoms with E-state index in [-0.39, 0.29) is 0 Å². The van der Waals surface area contributed by atoms with Crippen molar-refractivity contribution in [2.45, 2.75) is 12.1 Å². The number of aliphatic hydroxyl groups excluding tert-OH is 1. The molecule has 2 N–H and O–H groups in total. The summed E-state index contributed by atoms with van der Waals surface area (Å²) in [7, 11) is 1.38. The van der Waals surface area contributed by atoms with Crippen molar-refractivity contribution >= 4 is 5.91 Å². The van der Waals surface area contributed by atoms with Gasteiger partial charge in [0.1, 0.15) is 0 Å². The van der Waals surface area contributed by atoms with Crippen LogP contribution in [0.15, 0.2) is 12.1 Å². The van der Waals surface area contributed by atoms with Gasteiger partial charge in [-0.05, 0) is 12.1 Å². The van der Waals surface area contributed by atoms with Crippen LogP contribution in [-0.4, -0.2) is 48.2 Å². The topological polar surface area (TPSA) is 52.6 Å². The van der Waals surface area contributed by atoms with Crippen LogP contribution in [-0.2, 0) is 0 Å². The lowest BCUT2D eigenvalue weighted by Crippen LogP contribution is -2.44. The highest BCUT2D eigenvalue weighted by atomic mass is 19.2. The normalized spacial score (nSPS) is 22.6. The second-order valence-corrected chi connectivity index (χ2v) is 4.43. The minimum Gasteiger partial charge on any atom is -0.390 e. The number of aliphatic hydroxyl groups is 1. The Hall–Kier alpha value is -1.60. The molecular weight excluding hydrogens is 261 g/mol. The molecule has 2 atom stereocenters. The minimum atomic E-state index is -1.68. The SMILES string of the molecule is CN(C(=O)c1ccc(F)c(F)c1F)[C@@H]1CNC[C@H]1O. The summed E-state index contributed by atoms with van der Waals surface area (Å²) in [5.74, 6) is -5.34. The average molecular weight is 274 g/mol. The average Bonchev–Trinajstić information content (AvgIpc) is 2.81. The van der Waals surface area contributed by atoms with Gasteiger partial charge in [0.15, 0.2) is 17.5 Å². The number of likely N-dealkylation sites (N-methyl/N-ethyl adjacent to an activating group) is 1. The van der Waals surface area contributed by atoms with E-state index in [0.29, 0.717) is 19.2 Å². The van der Waals surface area contributed by atoms with Gasteiger partial charge in [0.05, 0.1) is 17.7 Å². The first kappa shape index (κ1) is 13.8. The number of carbonyl (C=O) groups is 1. The smallest absolute Gasteiger partial charge is 0.257 e. The lowest BCUT2D eigenvalue weighted by atomic mass is 10.1. The van der Waals surface area contributed by atoms with Crippen molar-refractivity contribution in [1.82, 2.24) is 10.2 Å². The number of benzene rings is 1. The van der Waals surface area contributed by atoms with E-state index in [4.69, 9.17) is 0 Å². The summed E-state index contributed by atoms with van der Waals surface area (Å²) in [6.07, 6.45) is -0.776. The molecule has 1 heterocycles. The van der Waals surface area contributed by atoms with Gasteiger partial charge < -0.3 is 15.3 Å². The summed E-state index contributed by atoms with van der Waals surface area (Å²) in [6.45, 7) is 0.678. The lowest BCUT2D eigenvalue weighted by Gasteiger charge is -2.26. The van der Waals surface area contributed by atoms with Gasteiger partial charge in [-0.2, -0.15) is 0 Å². The third-order valence-corrected chi connectivity index (χ3v) is 3.23.